The number of sulfone groups is 1. The summed E-state index contributed by atoms with van der Waals surface area (Å²) in [4.78, 5) is 19.6. The highest BCUT2D eigenvalue weighted by atomic mass is 32.2. The van der Waals surface area contributed by atoms with E-state index in [-0.39, 0.29) is 11.7 Å². The summed E-state index contributed by atoms with van der Waals surface area (Å²) in [6.45, 7) is 3.48. The Morgan fingerprint density at radius 3 is 2.29 bits per heavy atom. The van der Waals surface area contributed by atoms with Gasteiger partial charge in [-0.2, -0.15) is 0 Å². The van der Waals surface area contributed by atoms with E-state index < -0.39 is 14.6 Å². The third-order valence-corrected chi connectivity index (χ3v) is 10.7. The number of benzene rings is 4. The molecule has 0 amide bonds. The predicted molar refractivity (Wildman–Crippen MR) is 170 cm³/mol. The molecule has 0 fully saturated rings. The second-order valence-corrected chi connectivity index (χ2v) is 14.3. The van der Waals surface area contributed by atoms with Crippen molar-refractivity contribution in [3.8, 4) is 11.1 Å². The average molecular weight is 580 g/mol. The van der Waals surface area contributed by atoms with E-state index >= 15 is 0 Å². The van der Waals surface area contributed by atoms with Crippen molar-refractivity contribution < 1.29 is 13.2 Å². The molecule has 0 saturated heterocycles. The lowest BCUT2D eigenvalue weighted by Gasteiger charge is -2.24. The molecule has 0 saturated carbocycles. The summed E-state index contributed by atoms with van der Waals surface area (Å²) < 4.78 is 24.4. The molecule has 1 unspecified atom stereocenters. The zero-order valence-corrected chi connectivity index (χ0v) is 25.3. The molecule has 4 nitrogen and oxygen atoms in total. The molecule has 0 bridgehead atoms. The van der Waals surface area contributed by atoms with Gasteiger partial charge in [-0.05, 0) is 79.1 Å². The van der Waals surface area contributed by atoms with Crippen LogP contribution in [-0.4, -0.2) is 31.7 Å². The summed E-state index contributed by atoms with van der Waals surface area (Å²) in [5.74, 6) is -0.272. The first-order valence-corrected chi connectivity index (χ1v) is 16.6. The van der Waals surface area contributed by atoms with E-state index in [1.807, 2.05) is 79.1 Å². The van der Waals surface area contributed by atoms with Crippen molar-refractivity contribution in [2.24, 2.45) is 0 Å². The monoisotopic (exact) mass is 579 g/mol. The maximum atomic E-state index is 13.8. The van der Waals surface area contributed by atoms with Gasteiger partial charge in [-0.3, -0.25) is 9.78 Å². The third kappa shape index (κ3) is 5.99. The quantitative estimate of drug-likeness (QED) is 0.130. The summed E-state index contributed by atoms with van der Waals surface area (Å²) >= 11 is 1.67. The number of ketones is 1. The summed E-state index contributed by atoms with van der Waals surface area (Å²) in [5.41, 5.74) is 6.00. The first-order chi connectivity index (χ1) is 19.6. The van der Waals surface area contributed by atoms with Gasteiger partial charge < -0.3 is 0 Å². The minimum absolute atomic E-state index is 0.0805. The first-order valence-electron chi connectivity index (χ1n) is 13.5. The van der Waals surface area contributed by atoms with Crippen LogP contribution in [0.1, 0.15) is 46.8 Å². The number of carbonyl (C=O) groups excluding carboxylic acids is 1. The maximum absolute atomic E-state index is 13.8. The van der Waals surface area contributed by atoms with Gasteiger partial charge in [0.05, 0.1) is 16.2 Å². The van der Waals surface area contributed by atoms with Crippen molar-refractivity contribution in [3.05, 3.63) is 132 Å². The van der Waals surface area contributed by atoms with Gasteiger partial charge in [-0.25, -0.2) is 8.42 Å². The number of Topliss-reactive ketones (excluding diaryl/α,β-unsaturated/α-hetero) is 1. The lowest BCUT2D eigenvalue weighted by molar-refractivity contribution is 0.0959. The molecule has 1 aromatic heterocycles. The molecule has 0 aliphatic rings. The molecule has 41 heavy (non-hydrogen) atoms. The van der Waals surface area contributed by atoms with Crippen LogP contribution in [0.25, 0.3) is 22.0 Å². The number of hydrogen-bond donors (Lipinski definition) is 0. The molecule has 0 spiro atoms. The van der Waals surface area contributed by atoms with Crippen molar-refractivity contribution in [1.82, 2.24) is 4.98 Å². The molecule has 0 N–H and O–H groups in total. The molecular formula is C35H33NO3S2. The second kappa shape index (κ2) is 11.6. The molecule has 5 aromatic rings. The molecule has 1 atom stereocenters. The number of rotatable bonds is 9. The lowest BCUT2D eigenvalue weighted by Crippen LogP contribution is -2.28. The molecule has 1 heterocycles. The van der Waals surface area contributed by atoms with Gasteiger partial charge in [-0.1, -0.05) is 72.8 Å². The highest BCUT2D eigenvalue weighted by Gasteiger charge is 2.33. The Morgan fingerprint density at radius 2 is 1.61 bits per heavy atom. The molecule has 6 heteroatoms. The Kier molecular flexibility index (Phi) is 8.16. The number of hydrogen-bond acceptors (Lipinski definition) is 5. The Morgan fingerprint density at radius 1 is 0.878 bits per heavy atom. The Balaban J connectivity index is 1.60. The predicted octanol–water partition coefficient (Wildman–Crippen LogP) is 8.11. The van der Waals surface area contributed by atoms with Crippen LogP contribution in [0.15, 0.2) is 114 Å². The Bertz CT molecular complexity index is 1810. The number of nitrogens with zero attached hydrogens (tertiary/aromatic N) is 1. The molecule has 5 rings (SSSR count). The lowest BCUT2D eigenvalue weighted by atomic mass is 9.85. The van der Waals surface area contributed by atoms with Gasteiger partial charge in [0.2, 0.25) is 0 Å². The van der Waals surface area contributed by atoms with Gasteiger partial charge in [0.1, 0.15) is 0 Å². The maximum Gasteiger partial charge on any atom is 0.170 e. The van der Waals surface area contributed by atoms with Gasteiger partial charge in [0.25, 0.3) is 0 Å². The molecule has 0 aliphatic heterocycles. The highest BCUT2D eigenvalue weighted by Crippen LogP contribution is 2.37. The zero-order valence-electron chi connectivity index (χ0n) is 23.7. The van der Waals surface area contributed by atoms with Crippen molar-refractivity contribution in [2.45, 2.75) is 35.8 Å². The minimum atomic E-state index is -3.38. The Labute approximate surface area is 246 Å². The van der Waals surface area contributed by atoms with E-state index in [1.54, 1.807) is 31.8 Å². The van der Waals surface area contributed by atoms with Crippen LogP contribution < -0.4 is 0 Å². The van der Waals surface area contributed by atoms with Crippen LogP contribution in [0, 0.1) is 0 Å². The van der Waals surface area contributed by atoms with Crippen molar-refractivity contribution >= 4 is 38.3 Å². The largest absolute Gasteiger partial charge is 0.293 e. The molecule has 0 aliphatic carbocycles. The van der Waals surface area contributed by atoms with Crippen LogP contribution in [-0.2, 0) is 21.0 Å². The summed E-state index contributed by atoms with van der Waals surface area (Å²) in [7, 11) is -3.38. The van der Waals surface area contributed by atoms with Crippen LogP contribution in [0.5, 0.6) is 0 Å². The van der Waals surface area contributed by atoms with Crippen LogP contribution >= 0.6 is 11.8 Å². The second-order valence-electron chi connectivity index (χ2n) is 10.8. The zero-order chi connectivity index (χ0) is 29.2. The van der Waals surface area contributed by atoms with Gasteiger partial charge in [0, 0.05) is 33.9 Å². The minimum Gasteiger partial charge on any atom is -0.293 e. The first kappa shape index (κ1) is 28.8. The van der Waals surface area contributed by atoms with Crippen molar-refractivity contribution in [1.29, 1.82) is 0 Å². The summed E-state index contributed by atoms with van der Waals surface area (Å²) in [6.07, 6.45) is 5.60. The average Bonchev–Trinajstić information content (AvgIpc) is 2.99. The number of carbonyl (C=O) groups is 1. The summed E-state index contributed by atoms with van der Waals surface area (Å²) in [6, 6.07) is 33.5. The number of aromatic nitrogens is 1. The van der Waals surface area contributed by atoms with E-state index in [2.05, 4.69) is 35.3 Å². The van der Waals surface area contributed by atoms with E-state index in [9.17, 15) is 13.2 Å². The summed E-state index contributed by atoms with van der Waals surface area (Å²) in [5, 5.41) is 0.883. The SMILES string of the molecule is CSc1ccc(C(Cc2cccc(-c3cc(C(C)(C)S(C)(=O)=O)cc4cccnc34)c2)C(=O)c2ccccc2)cc1. The number of pyridine rings is 1. The molecule has 208 valence electrons. The van der Waals surface area contributed by atoms with Crippen LogP contribution in [0.3, 0.4) is 0 Å². The van der Waals surface area contributed by atoms with Crippen LogP contribution in [0.4, 0.5) is 0 Å². The smallest absolute Gasteiger partial charge is 0.170 e. The molecular weight excluding hydrogens is 547 g/mol. The van der Waals surface area contributed by atoms with E-state index in [0.717, 1.165) is 38.1 Å². The highest BCUT2D eigenvalue weighted by molar-refractivity contribution is 7.98. The van der Waals surface area contributed by atoms with Gasteiger partial charge in [-0.15, -0.1) is 11.8 Å². The van der Waals surface area contributed by atoms with E-state index in [1.165, 1.54) is 6.26 Å². The number of thioether (sulfide) groups is 1. The van der Waals surface area contributed by atoms with Gasteiger partial charge in [0.15, 0.2) is 15.6 Å². The Hall–Kier alpha value is -3.74. The van der Waals surface area contributed by atoms with E-state index in [0.29, 0.717) is 17.5 Å². The fourth-order valence-corrected chi connectivity index (χ4v) is 6.03. The van der Waals surface area contributed by atoms with Crippen molar-refractivity contribution in [2.75, 3.05) is 12.5 Å². The van der Waals surface area contributed by atoms with Crippen molar-refractivity contribution in [3.63, 3.8) is 0 Å². The molecule has 4 aromatic carbocycles. The fraction of sp³-hybridized carbons (Fsp3) is 0.200. The molecule has 0 radical (unpaired) electrons. The standard InChI is InChI=1S/C35H33NO3S2/c1-35(2,41(4,38)39)29-22-28-14-9-19-36-33(28)31(23-29)27-13-8-10-24(20-27)21-32(25-15-17-30(40-3)18-16-25)34(37)26-11-6-5-7-12-26/h5-20,22-23,32H,21H2,1-4H3. The van der Waals surface area contributed by atoms with Crippen LogP contribution in [0.2, 0.25) is 0 Å². The topological polar surface area (TPSA) is 64.1 Å². The number of fused-ring (bicyclic) bond motifs is 1. The fourth-order valence-electron chi connectivity index (χ4n) is 5.08. The normalized spacial score (nSPS) is 12.8. The van der Waals surface area contributed by atoms with E-state index in [4.69, 9.17) is 0 Å². The van der Waals surface area contributed by atoms with Gasteiger partial charge >= 0.3 is 0 Å². The third-order valence-electron chi connectivity index (χ3n) is 7.90.